The van der Waals surface area contributed by atoms with Gasteiger partial charge in [-0.15, -0.1) is 0 Å². The molecule has 0 spiro atoms. The predicted octanol–water partition coefficient (Wildman–Crippen LogP) is 2.16. The molecule has 2 aromatic carbocycles. The maximum Gasteiger partial charge on any atom is 0.485 e. The number of alkyl halides is 3. The second-order valence-corrected chi connectivity index (χ2v) is 13.8. The molecule has 1 amide bonds. The van der Waals surface area contributed by atoms with Crippen LogP contribution in [0.1, 0.15) is 17.3 Å². The van der Waals surface area contributed by atoms with Crippen molar-refractivity contribution in [2.24, 2.45) is 0 Å². The van der Waals surface area contributed by atoms with Gasteiger partial charge in [0.1, 0.15) is 5.75 Å². The lowest BCUT2D eigenvalue weighted by Crippen LogP contribution is -3.61. The lowest BCUT2D eigenvalue weighted by atomic mass is 10.2. The predicted molar refractivity (Wildman–Crippen MR) is 129 cm³/mol. The first-order valence-electron chi connectivity index (χ1n) is 10.2. The summed E-state index contributed by atoms with van der Waals surface area (Å²) in [5, 5.41) is 5.57. The van der Waals surface area contributed by atoms with E-state index in [1.54, 1.807) is 11.3 Å². The number of fused-ring (bicyclic) bond motifs is 1. The van der Waals surface area contributed by atoms with Gasteiger partial charge in [0.25, 0.3) is 5.91 Å². The zero-order valence-corrected chi connectivity index (χ0v) is 23.4. The third-order valence-electron chi connectivity index (χ3n) is 4.17. The van der Waals surface area contributed by atoms with Gasteiger partial charge in [-0.2, -0.15) is 13.2 Å². The highest BCUT2D eigenvalue weighted by Crippen LogP contribution is 2.29. The average Bonchev–Trinajstić information content (AvgIpc) is 3.48. The molecule has 37 heavy (non-hydrogen) atoms. The highest BCUT2D eigenvalue weighted by atomic mass is 127. The molecule has 8 nitrogen and oxygen atoms in total. The Balaban J connectivity index is 0.000000414. The lowest BCUT2D eigenvalue weighted by molar-refractivity contribution is -0.591. The van der Waals surface area contributed by atoms with Crippen LogP contribution in [0.2, 0.25) is 0 Å². The highest BCUT2D eigenvalue weighted by Gasteiger charge is 2.36. The largest absolute Gasteiger partial charge is 0.741 e. The molecule has 0 aliphatic heterocycles. The zero-order chi connectivity index (χ0) is 27.1. The van der Waals surface area contributed by atoms with E-state index < -0.39 is 15.6 Å². The molecule has 0 atom stereocenters. The molecular weight excluding hydrogens is 668 g/mol. The summed E-state index contributed by atoms with van der Waals surface area (Å²) in [6.45, 7) is 2.74. The van der Waals surface area contributed by atoms with Crippen molar-refractivity contribution in [3.63, 3.8) is 0 Å². The van der Waals surface area contributed by atoms with Crippen LogP contribution in [0.4, 0.5) is 18.3 Å². The van der Waals surface area contributed by atoms with Gasteiger partial charge in [0.05, 0.1) is 10.2 Å². The van der Waals surface area contributed by atoms with Gasteiger partial charge >= 0.3 is 26.7 Å². The van der Waals surface area contributed by atoms with Gasteiger partial charge in [-0.25, -0.2) is 13.4 Å². The van der Waals surface area contributed by atoms with Crippen molar-refractivity contribution in [2.75, 3.05) is 18.7 Å². The number of aromatic nitrogens is 1. The molecule has 2 aromatic heterocycles. The fourth-order valence-electron chi connectivity index (χ4n) is 2.49. The third-order valence-corrected chi connectivity index (χ3v) is 9.84. The maximum atomic E-state index is 12.6. The number of carbonyl (C=O) groups is 1. The Labute approximate surface area is 228 Å². The van der Waals surface area contributed by atoms with Crippen LogP contribution in [-0.4, -0.2) is 42.8 Å². The minimum Gasteiger partial charge on any atom is -0.741 e. The lowest BCUT2D eigenvalue weighted by Gasteiger charge is -2.08. The number of nitrogens with one attached hydrogen (secondary N) is 1. The van der Waals surface area contributed by atoms with Crippen molar-refractivity contribution in [1.82, 2.24) is 4.98 Å². The molecular formula is C22H18F3IN2O6S3. The summed E-state index contributed by atoms with van der Waals surface area (Å²) >= 11 is 3.02. The standard InChI is InChI=1S/C21H17IN2O3S2.CHF3O3S/c1-2-26-13-27-16-9-10-17-18(12-16)29-21(23-17)24-20(25)14-5-7-15(8-6-14)22-19-4-3-11-28-19;2-1(3,4)8(5,6)7/h3-12H,2,13H2,1H3;(H,5,6,7). The number of amides is 1. The molecule has 15 heteroatoms. The second kappa shape index (κ2) is 13.0. The number of benzene rings is 2. The van der Waals surface area contributed by atoms with E-state index in [9.17, 15) is 18.0 Å². The van der Waals surface area contributed by atoms with Gasteiger partial charge in [-0.05, 0) is 60.8 Å². The summed E-state index contributed by atoms with van der Waals surface area (Å²) in [6, 6.07) is 17.7. The molecule has 0 radical (unpaired) electrons. The van der Waals surface area contributed by atoms with E-state index in [1.165, 1.54) is 17.8 Å². The number of thiazole rings is 1. The average molecular weight is 686 g/mol. The van der Waals surface area contributed by atoms with E-state index >= 15 is 0 Å². The van der Waals surface area contributed by atoms with Crippen LogP contribution >= 0.6 is 22.7 Å². The number of anilines is 1. The minimum absolute atomic E-state index is 0.155. The Morgan fingerprint density at radius 3 is 2.46 bits per heavy atom. The van der Waals surface area contributed by atoms with Gasteiger partial charge in [0, 0.05) is 18.2 Å². The number of ether oxygens (including phenoxy) is 2. The molecule has 0 fully saturated rings. The van der Waals surface area contributed by atoms with Gasteiger partial charge in [0.2, 0.25) is 2.88 Å². The molecule has 0 aliphatic carbocycles. The van der Waals surface area contributed by atoms with E-state index in [2.05, 4.69) is 27.8 Å². The summed E-state index contributed by atoms with van der Waals surface area (Å²) in [6.07, 6.45) is 0. The fourth-order valence-corrected chi connectivity index (χ4v) is 7.01. The fraction of sp³-hybridized carbons (Fsp3) is 0.182. The topological polar surface area (TPSA) is 118 Å². The Morgan fingerprint density at radius 1 is 1.16 bits per heavy atom. The number of halogens is 4. The van der Waals surface area contributed by atoms with Gasteiger partial charge in [0.15, 0.2) is 25.6 Å². The summed E-state index contributed by atoms with van der Waals surface area (Å²) in [4.78, 5) is 17.1. The molecule has 0 aliphatic rings. The molecule has 0 saturated carbocycles. The number of rotatable bonds is 8. The van der Waals surface area contributed by atoms with Gasteiger partial charge < -0.3 is 14.0 Å². The van der Waals surface area contributed by atoms with Crippen molar-refractivity contribution in [2.45, 2.75) is 12.4 Å². The summed E-state index contributed by atoms with van der Waals surface area (Å²) in [5.41, 5.74) is -4.19. The van der Waals surface area contributed by atoms with E-state index in [0.29, 0.717) is 17.3 Å². The summed E-state index contributed by atoms with van der Waals surface area (Å²) < 4.78 is 73.3. The molecule has 4 rings (SSSR count). The quantitative estimate of drug-likeness (QED) is 0.0994. The summed E-state index contributed by atoms with van der Waals surface area (Å²) in [7, 11) is -6.09. The third kappa shape index (κ3) is 8.89. The van der Waals surface area contributed by atoms with Gasteiger partial charge in [-0.3, -0.25) is 10.1 Å². The Bertz CT molecular complexity index is 1430. The summed E-state index contributed by atoms with van der Waals surface area (Å²) in [5.74, 6) is 0.565. The SMILES string of the molecule is CCOCOc1ccc2nc(NC(=O)c3ccc([I+]c4cccs4)cc3)sc2c1.O=S(=O)([O-])C(F)(F)F. The number of hydrogen-bond donors (Lipinski definition) is 1. The molecule has 0 saturated heterocycles. The minimum atomic E-state index is -6.09. The Kier molecular flexibility index (Phi) is 10.3. The second-order valence-electron chi connectivity index (χ2n) is 6.78. The smallest absolute Gasteiger partial charge is 0.485 e. The Hall–Kier alpha value is -2.31. The molecule has 0 bridgehead atoms. The first-order chi connectivity index (χ1) is 17.5. The van der Waals surface area contributed by atoms with E-state index in [4.69, 9.17) is 22.4 Å². The van der Waals surface area contributed by atoms with E-state index in [-0.39, 0.29) is 33.9 Å². The number of nitrogens with zero attached hydrogens (tertiary/aromatic N) is 1. The monoisotopic (exact) mass is 686 g/mol. The van der Waals surface area contributed by atoms with Crippen molar-refractivity contribution in [3.8, 4) is 5.75 Å². The number of thiophene rings is 1. The van der Waals surface area contributed by atoms with Gasteiger partial charge in [-0.1, -0.05) is 22.7 Å². The van der Waals surface area contributed by atoms with Crippen LogP contribution < -0.4 is 31.3 Å². The number of carbonyl (C=O) groups excluding carboxylic acids is 1. The molecule has 4 aromatic rings. The van der Waals surface area contributed by atoms with Crippen LogP contribution in [0.3, 0.4) is 0 Å². The van der Waals surface area contributed by atoms with Crippen molar-refractivity contribution >= 4 is 54.0 Å². The molecule has 2 heterocycles. The normalized spacial score (nSPS) is 11.6. The first kappa shape index (κ1) is 29.2. The molecule has 198 valence electrons. The van der Waals surface area contributed by atoms with Crippen molar-refractivity contribution < 1.29 is 61.6 Å². The molecule has 1 N–H and O–H groups in total. The van der Waals surface area contributed by atoms with Crippen LogP contribution in [-0.2, 0) is 14.9 Å². The van der Waals surface area contributed by atoms with E-state index in [1.807, 2.05) is 49.4 Å². The first-order valence-corrected chi connectivity index (χ1v) is 15.5. The molecule has 0 unspecified atom stereocenters. The van der Waals surface area contributed by atoms with Crippen molar-refractivity contribution in [3.05, 3.63) is 72.0 Å². The van der Waals surface area contributed by atoms with Crippen molar-refractivity contribution in [1.29, 1.82) is 0 Å². The highest BCUT2D eigenvalue weighted by molar-refractivity contribution is 7.86. The van der Waals surface area contributed by atoms with Crippen LogP contribution in [0.25, 0.3) is 10.2 Å². The van der Waals surface area contributed by atoms with Crippen LogP contribution in [0.15, 0.2) is 60.0 Å². The maximum absolute atomic E-state index is 12.6. The number of hydrogen-bond acceptors (Lipinski definition) is 9. The Morgan fingerprint density at radius 2 is 1.86 bits per heavy atom. The van der Waals surface area contributed by atoms with E-state index in [0.717, 1.165) is 16.0 Å². The van der Waals surface area contributed by atoms with Crippen LogP contribution in [0, 0.1) is 6.45 Å². The zero-order valence-electron chi connectivity index (χ0n) is 18.8. The van der Waals surface area contributed by atoms with Crippen LogP contribution in [0.5, 0.6) is 5.75 Å².